The van der Waals surface area contributed by atoms with Gasteiger partial charge in [0.15, 0.2) is 6.10 Å². The molecule has 0 aromatic rings. The van der Waals surface area contributed by atoms with Crippen molar-refractivity contribution < 1.29 is 28.8 Å². The van der Waals surface area contributed by atoms with Crippen molar-refractivity contribution in [1.29, 1.82) is 5.26 Å². The van der Waals surface area contributed by atoms with Gasteiger partial charge in [0.05, 0.1) is 6.07 Å². The number of carbonyl (C=O) groups excluding carboxylic acids is 1. The van der Waals surface area contributed by atoms with Gasteiger partial charge in [-0.3, -0.25) is 4.79 Å². The molecule has 0 aromatic heterocycles. The lowest BCUT2D eigenvalue weighted by Crippen LogP contribution is -2.49. The molecule has 104 valence electrons. The summed E-state index contributed by atoms with van der Waals surface area (Å²) in [6, 6.07) is 1.66. The van der Waals surface area contributed by atoms with E-state index in [2.05, 4.69) is 0 Å². The van der Waals surface area contributed by atoms with E-state index in [1.807, 2.05) is 0 Å². The number of nitrogens with zero attached hydrogens (tertiary/aromatic N) is 1. The van der Waals surface area contributed by atoms with Crippen LogP contribution in [-0.2, 0) is 23.7 Å². The molecule has 0 heterocycles. The highest BCUT2D eigenvalue weighted by atomic mass is 16.6. The van der Waals surface area contributed by atoms with Crippen LogP contribution in [-0.4, -0.2) is 63.4 Å². The fraction of sp³-hybridized carbons (Fsp3) is 0.818. The third kappa shape index (κ3) is 4.98. The number of methoxy groups -OCH3 is 3. The van der Waals surface area contributed by atoms with Gasteiger partial charge in [-0.25, -0.2) is 0 Å². The van der Waals surface area contributed by atoms with E-state index in [4.69, 9.17) is 24.2 Å². The average molecular weight is 261 g/mol. The summed E-state index contributed by atoms with van der Waals surface area (Å²) in [6.07, 6.45) is -3.66. The first-order valence-corrected chi connectivity index (χ1v) is 5.31. The van der Waals surface area contributed by atoms with Gasteiger partial charge in [-0.05, 0) is 0 Å². The van der Waals surface area contributed by atoms with E-state index >= 15 is 0 Å². The molecule has 0 aliphatic heterocycles. The summed E-state index contributed by atoms with van der Waals surface area (Å²) in [7, 11) is 4.14. The smallest absolute Gasteiger partial charge is 0.302 e. The average Bonchev–Trinajstić information content (AvgIpc) is 2.36. The van der Waals surface area contributed by atoms with Crippen LogP contribution in [0.1, 0.15) is 6.92 Å². The van der Waals surface area contributed by atoms with E-state index in [1.54, 1.807) is 6.07 Å². The van der Waals surface area contributed by atoms with Gasteiger partial charge < -0.3 is 24.1 Å². The van der Waals surface area contributed by atoms with Crippen LogP contribution in [0, 0.1) is 11.3 Å². The van der Waals surface area contributed by atoms with Crippen LogP contribution >= 0.6 is 0 Å². The van der Waals surface area contributed by atoms with Crippen LogP contribution in [0.5, 0.6) is 0 Å². The second-order valence-electron chi connectivity index (χ2n) is 3.55. The van der Waals surface area contributed by atoms with Crippen molar-refractivity contribution in [2.24, 2.45) is 0 Å². The third-order valence-corrected chi connectivity index (χ3v) is 2.43. The van der Waals surface area contributed by atoms with E-state index in [9.17, 15) is 9.90 Å². The molecule has 0 radical (unpaired) electrons. The molecular weight excluding hydrogens is 242 g/mol. The number of nitriles is 1. The molecule has 0 spiro atoms. The van der Waals surface area contributed by atoms with E-state index in [-0.39, 0.29) is 6.61 Å². The molecule has 0 fully saturated rings. The maximum absolute atomic E-state index is 10.8. The first-order chi connectivity index (χ1) is 8.51. The van der Waals surface area contributed by atoms with Crippen molar-refractivity contribution in [2.75, 3.05) is 27.9 Å². The number of ether oxygens (including phenoxy) is 4. The van der Waals surface area contributed by atoms with Gasteiger partial charge in [0.2, 0.25) is 0 Å². The van der Waals surface area contributed by atoms with E-state index in [0.717, 1.165) is 0 Å². The number of aliphatic hydroxyl groups excluding tert-OH is 1. The van der Waals surface area contributed by atoms with Gasteiger partial charge in [-0.2, -0.15) is 5.26 Å². The molecule has 18 heavy (non-hydrogen) atoms. The van der Waals surface area contributed by atoms with Crippen LogP contribution in [0.2, 0.25) is 0 Å². The van der Waals surface area contributed by atoms with Crippen molar-refractivity contribution in [3.8, 4) is 6.07 Å². The van der Waals surface area contributed by atoms with Gasteiger partial charge in [-0.1, -0.05) is 0 Å². The molecule has 0 amide bonds. The van der Waals surface area contributed by atoms with Crippen molar-refractivity contribution in [2.45, 2.75) is 31.3 Å². The third-order valence-electron chi connectivity index (χ3n) is 2.43. The zero-order chi connectivity index (χ0) is 14.1. The topological polar surface area (TPSA) is 98.0 Å². The highest BCUT2D eigenvalue weighted by Gasteiger charge is 2.35. The molecule has 0 aliphatic rings. The van der Waals surface area contributed by atoms with E-state index in [0.29, 0.717) is 0 Å². The molecule has 1 unspecified atom stereocenters. The van der Waals surface area contributed by atoms with Crippen molar-refractivity contribution in [3.05, 3.63) is 0 Å². The van der Waals surface area contributed by atoms with Gasteiger partial charge in [-0.15, -0.1) is 0 Å². The molecule has 0 rings (SSSR count). The summed E-state index contributed by atoms with van der Waals surface area (Å²) in [4.78, 5) is 10.8. The first kappa shape index (κ1) is 16.8. The fourth-order valence-electron chi connectivity index (χ4n) is 1.51. The number of rotatable bonds is 8. The Hall–Kier alpha value is -1.20. The lowest BCUT2D eigenvalue weighted by molar-refractivity contribution is -0.161. The highest BCUT2D eigenvalue weighted by molar-refractivity contribution is 5.65. The summed E-state index contributed by atoms with van der Waals surface area (Å²) in [5.74, 6) is -0.457. The lowest BCUT2D eigenvalue weighted by Gasteiger charge is -2.31. The molecule has 0 bridgehead atoms. The Morgan fingerprint density at radius 2 is 1.78 bits per heavy atom. The minimum absolute atomic E-state index is 0.0532. The lowest BCUT2D eigenvalue weighted by atomic mass is 10.0. The summed E-state index contributed by atoms with van der Waals surface area (Å²) >= 11 is 0. The van der Waals surface area contributed by atoms with Crippen molar-refractivity contribution in [1.82, 2.24) is 0 Å². The first-order valence-electron chi connectivity index (χ1n) is 5.31. The number of hydrogen-bond donors (Lipinski definition) is 1. The van der Waals surface area contributed by atoms with E-state index < -0.39 is 30.4 Å². The second kappa shape index (κ2) is 8.83. The fourth-order valence-corrected chi connectivity index (χ4v) is 1.51. The molecule has 0 aliphatic carbocycles. The van der Waals surface area contributed by atoms with Gasteiger partial charge >= 0.3 is 5.97 Å². The number of aliphatic hydroxyl groups is 1. The monoisotopic (exact) mass is 261 g/mol. The summed E-state index contributed by atoms with van der Waals surface area (Å²) < 4.78 is 20.1. The molecule has 0 saturated heterocycles. The van der Waals surface area contributed by atoms with Crippen LogP contribution in [0.4, 0.5) is 0 Å². The minimum atomic E-state index is -1.37. The number of carbonyl (C=O) groups is 1. The van der Waals surface area contributed by atoms with E-state index in [1.165, 1.54) is 28.3 Å². The molecule has 7 nitrogen and oxygen atoms in total. The summed E-state index contributed by atoms with van der Waals surface area (Å²) in [5.41, 5.74) is 0. The van der Waals surface area contributed by atoms with Crippen LogP contribution in [0.15, 0.2) is 0 Å². The number of hydrogen-bond acceptors (Lipinski definition) is 7. The minimum Gasteiger partial charge on any atom is -0.463 e. The largest absolute Gasteiger partial charge is 0.463 e. The van der Waals surface area contributed by atoms with Crippen molar-refractivity contribution >= 4 is 5.97 Å². The maximum atomic E-state index is 10.8. The predicted molar refractivity (Wildman–Crippen MR) is 60.6 cm³/mol. The van der Waals surface area contributed by atoms with Gasteiger partial charge in [0.1, 0.15) is 24.9 Å². The number of esters is 1. The zero-order valence-corrected chi connectivity index (χ0v) is 11.0. The molecule has 1 N–H and O–H groups in total. The Balaban J connectivity index is 4.77. The molecule has 0 aromatic carbocycles. The SMILES string of the molecule is CO[C@@H]([C@@H](COC(C)=O)OC)[C@@H](OC)C(O)C#N. The predicted octanol–water partition coefficient (Wildman–Crippen LogP) is -0.521. The van der Waals surface area contributed by atoms with Crippen molar-refractivity contribution in [3.63, 3.8) is 0 Å². The highest BCUT2D eigenvalue weighted by Crippen LogP contribution is 2.14. The van der Waals surface area contributed by atoms with Crippen LogP contribution < -0.4 is 0 Å². The molecular formula is C11H19NO6. The quantitative estimate of drug-likeness (QED) is 0.463. The Kier molecular flexibility index (Phi) is 8.24. The normalized spacial score (nSPS) is 17.3. The van der Waals surface area contributed by atoms with Gasteiger partial charge in [0.25, 0.3) is 0 Å². The van der Waals surface area contributed by atoms with Crippen LogP contribution in [0.25, 0.3) is 0 Å². The van der Waals surface area contributed by atoms with Crippen LogP contribution in [0.3, 0.4) is 0 Å². The summed E-state index contributed by atoms with van der Waals surface area (Å²) in [6.45, 7) is 1.22. The molecule has 4 atom stereocenters. The maximum Gasteiger partial charge on any atom is 0.302 e. The Bertz CT molecular complexity index is 290. The summed E-state index contributed by atoms with van der Waals surface area (Å²) in [5, 5.41) is 18.2. The standard InChI is InChI=1S/C11H19NO6/c1-7(13)18-6-9(15-2)11(17-4)10(16-3)8(14)5-12/h8-11,14H,6H2,1-4H3/t8?,9-,10+,11+/m1/s1. The Morgan fingerprint density at radius 1 is 1.22 bits per heavy atom. The second-order valence-corrected chi connectivity index (χ2v) is 3.55. The van der Waals surface area contributed by atoms with Gasteiger partial charge in [0, 0.05) is 28.3 Å². The Labute approximate surface area is 106 Å². The molecule has 0 saturated carbocycles. The Morgan fingerprint density at radius 3 is 2.11 bits per heavy atom. The molecule has 7 heteroatoms. The zero-order valence-electron chi connectivity index (χ0n) is 11.0.